The highest BCUT2D eigenvalue weighted by atomic mass is 16.2. The van der Waals surface area contributed by atoms with Gasteiger partial charge in [0.05, 0.1) is 12.2 Å². The Hall–Kier alpha value is -4.07. The lowest BCUT2D eigenvalue weighted by Gasteiger charge is -2.17. The fourth-order valence-electron chi connectivity index (χ4n) is 3.07. The molecule has 0 saturated carbocycles. The summed E-state index contributed by atoms with van der Waals surface area (Å²) in [5, 5.41) is 15.9. The second kappa shape index (κ2) is 7.89. The van der Waals surface area contributed by atoms with Crippen molar-refractivity contribution in [3.8, 4) is 5.69 Å². The largest absolute Gasteiger partial charge is 0.332 e. The Bertz CT molecular complexity index is 1150. The summed E-state index contributed by atoms with van der Waals surface area (Å²) in [5.74, 6) is -0.510. The molecule has 8 heteroatoms. The van der Waals surface area contributed by atoms with Gasteiger partial charge >= 0.3 is 0 Å². The van der Waals surface area contributed by atoms with Crippen LogP contribution in [0.4, 0.5) is 5.69 Å². The summed E-state index contributed by atoms with van der Waals surface area (Å²) in [6.07, 6.45) is 1.47. The molecule has 0 unspecified atom stereocenters. The first-order valence-corrected chi connectivity index (χ1v) is 8.98. The number of nitrogens with zero attached hydrogens (tertiary/aromatic N) is 5. The van der Waals surface area contributed by atoms with E-state index in [2.05, 4.69) is 20.8 Å². The quantitative estimate of drug-likeness (QED) is 0.569. The first kappa shape index (κ1) is 18.3. The van der Waals surface area contributed by atoms with E-state index in [1.165, 1.54) is 15.9 Å². The normalized spacial score (nSPS) is 10.7. The molecular weight excluding hydrogens is 368 g/mol. The van der Waals surface area contributed by atoms with Gasteiger partial charge in [0.1, 0.15) is 6.33 Å². The van der Waals surface area contributed by atoms with E-state index >= 15 is 0 Å². The lowest BCUT2D eigenvalue weighted by Crippen LogP contribution is -2.34. The molecule has 0 bridgehead atoms. The Morgan fingerprint density at radius 2 is 1.76 bits per heavy atom. The van der Waals surface area contributed by atoms with Crippen LogP contribution in [0.5, 0.6) is 0 Å². The minimum atomic E-state index is -0.262. The van der Waals surface area contributed by atoms with Crippen molar-refractivity contribution < 1.29 is 9.59 Å². The molecule has 0 radical (unpaired) electrons. The number of fused-ring (bicyclic) bond motifs is 1. The number of carbonyl (C=O) groups excluding carboxylic acids is 2. The van der Waals surface area contributed by atoms with Crippen LogP contribution in [0.2, 0.25) is 0 Å². The van der Waals surface area contributed by atoms with Gasteiger partial charge in [-0.3, -0.25) is 9.59 Å². The number of tetrazole rings is 1. The number of benzene rings is 3. The maximum Gasteiger partial charge on any atom is 0.254 e. The molecule has 0 aliphatic carbocycles. The van der Waals surface area contributed by atoms with Gasteiger partial charge in [0.25, 0.3) is 5.91 Å². The van der Waals surface area contributed by atoms with Gasteiger partial charge in [-0.25, -0.2) is 4.68 Å². The highest BCUT2D eigenvalue weighted by Gasteiger charge is 2.16. The van der Waals surface area contributed by atoms with Gasteiger partial charge in [-0.15, -0.1) is 5.10 Å². The molecule has 3 aromatic carbocycles. The number of amides is 2. The van der Waals surface area contributed by atoms with Crippen molar-refractivity contribution in [1.29, 1.82) is 0 Å². The number of carbonyl (C=O) groups is 2. The number of anilines is 1. The van der Waals surface area contributed by atoms with Crippen LogP contribution < -0.4 is 5.32 Å². The van der Waals surface area contributed by atoms with Crippen LogP contribution in [-0.2, 0) is 4.79 Å². The fraction of sp³-hybridized carbons (Fsp3) is 0.0952. The zero-order valence-corrected chi connectivity index (χ0v) is 15.7. The first-order chi connectivity index (χ1) is 14.1. The number of aromatic nitrogens is 4. The Balaban J connectivity index is 1.42. The molecule has 29 heavy (non-hydrogen) atoms. The molecule has 144 valence electrons. The lowest BCUT2D eigenvalue weighted by molar-refractivity contribution is -0.116. The third-order valence-electron chi connectivity index (χ3n) is 4.52. The zero-order valence-electron chi connectivity index (χ0n) is 15.7. The summed E-state index contributed by atoms with van der Waals surface area (Å²) in [6, 6.07) is 20.4. The van der Waals surface area contributed by atoms with Crippen molar-refractivity contribution in [2.75, 3.05) is 18.9 Å². The highest BCUT2D eigenvalue weighted by Crippen LogP contribution is 2.22. The van der Waals surface area contributed by atoms with Crippen LogP contribution in [0.3, 0.4) is 0 Å². The minimum absolute atomic E-state index is 0.0587. The van der Waals surface area contributed by atoms with Crippen LogP contribution >= 0.6 is 0 Å². The van der Waals surface area contributed by atoms with E-state index in [-0.39, 0.29) is 18.4 Å². The Morgan fingerprint density at radius 3 is 2.52 bits per heavy atom. The summed E-state index contributed by atoms with van der Waals surface area (Å²) < 4.78 is 1.50. The van der Waals surface area contributed by atoms with Crippen LogP contribution in [0, 0.1) is 0 Å². The smallest absolute Gasteiger partial charge is 0.254 e. The molecule has 0 aliphatic heterocycles. The van der Waals surface area contributed by atoms with E-state index in [1.54, 1.807) is 31.3 Å². The van der Waals surface area contributed by atoms with Gasteiger partial charge in [0, 0.05) is 23.7 Å². The predicted molar refractivity (Wildman–Crippen MR) is 109 cm³/mol. The summed E-state index contributed by atoms with van der Waals surface area (Å²) in [4.78, 5) is 26.5. The van der Waals surface area contributed by atoms with Gasteiger partial charge in [-0.2, -0.15) is 0 Å². The van der Waals surface area contributed by atoms with Crippen LogP contribution in [0.25, 0.3) is 16.5 Å². The maximum atomic E-state index is 12.6. The zero-order chi connectivity index (χ0) is 20.2. The third-order valence-corrected chi connectivity index (χ3v) is 4.52. The maximum absolute atomic E-state index is 12.6. The highest BCUT2D eigenvalue weighted by molar-refractivity contribution is 6.04. The Kier molecular flexibility index (Phi) is 4.98. The lowest BCUT2D eigenvalue weighted by atomic mass is 10.1. The van der Waals surface area contributed by atoms with E-state index in [9.17, 15) is 9.59 Å². The molecule has 0 saturated heterocycles. The van der Waals surface area contributed by atoms with Crippen molar-refractivity contribution in [2.45, 2.75) is 0 Å². The number of likely N-dealkylation sites (N-methyl/N-ethyl adjacent to an activating group) is 1. The van der Waals surface area contributed by atoms with Gasteiger partial charge in [0.2, 0.25) is 5.91 Å². The van der Waals surface area contributed by atoms with Crippen molar-refractivity contribution in [3.63, 3.8) is 0 Å². The van der Waals surface area contributed by atoms with E-state index in [0.29, 0.717) is 5.56 Å². The molecule has 1 N–H and O–H groups in total. The van der Waals surface area contributed by atoms with Crippen molar-refractivity contribution in [2.24, 2.45) is 0 Å². The first-order valence-electron chi connectivity index (χ1n) is 8.98. The molecule has 1 heterocycles. The average molecular weight is 386 g/mol. The summed E-state index contributed by atoms with van der Waals surface area (Å²) in [7, 11) is 1.60. The van der Waals surface area contributed by atoms with Crippen molar-refractivity contribution in [1.82, 2.24) is 25.1 Å². The fourth-order valence-corrected chi connectivity index (χ4v) is 3.07. The summed E-state index contributed by atoms with van der Waals surface area (Å²) >= 11 is 0. The summed E-state index contributed by atoms with van der Waals surface area (Å²) in [6.45, 7) is -0.0587. The standard InChI is InChI=1S/C21H18N6O2/c1-26(21(29)16-9-11-17(12-10-16)27-14-22-24-25-27)13-20(28)23-19-8-4-6-15-5-2-3-7-18(15)19/h2-12,14H,13H2,1H3,(H,23,28). The Morgan fingerprint density at radius 1 is 1.00 bits per heavy atom. The molecule has 0 spiro atoms. The van der Waals surface area contributed by atoms with Crippen LogP contribution in [0.1, 0.15) is 10.4 Å². The van der Waals surface area contributed by atoms with Crippen LogP contribution in [0.15, 0.2) is 73.1 Å². The van der Waals surface area contributed by atoms with Crippen LogP contribution in [-0.4, -0.2) is 50.5 Å². The van der Waals surface area contributed by atoms with Gasteiger partial charge in [0.15, 0.2) is 0 Å². The topological polar surface area (TPSA) is 93.0 Å². The minimum Gasteiger partial charge on any atom is -0.332 e. The number of rotatable bonds is 5. The summed E-state index contributed by atoms with van der Waals surface area (Å²) in [5.41, 5.74) is 1.94. The van der Waals surface area contributed by atoms with Gasteiger partial charge in [-0.05, 0) is 46.1 Å². The number of hydrogen-bond acceptors (Lipinski definition) is 5. The third kappa shape index (κ3) is 3.96. The molecule has 0 aliphatic rings. The monoisotopic (exact) mass is 386 g/mol. The molecule has 2 amide bonds. The molecule has 0 fully saturated rings. The number of hydrogen-bond donors (Lipinski definition) is 1. The molecule has 1 aromatic heterocycles. The molecule has 8 nitrogen and oxygen atoms in total. The Labute approximate surface area is 166 Å². The second-order valence-electron chi connectivity index (χ2n) is 6.54. The van der Waals surface area contributed by atoms with Crippen molar-refractivity contribution in [3.05, 3.63) is 78.6 Å². The van der Waals surface area contributed by atoms with Crippen molar-refractivity contribution >= 4 is 28.3 Å². The van der Waals surface area contributed by atoms with E-state index in [1.807, 2.05) is 42.5 Å². The number of nitrogens with one attached hydrogen (secondary N) is 1. The van der Waals surface area contributed by atoms with Gasteiger partial charge < -0.3 is 10.2 Å². The predicted octanol–water partition coefficient (Wildman–Crippen LogP) is 2.53. The average Bonchev–Trinajstić information content (AvgIpc) is 3.28. The van der Waals surface area contributed by atoms with E-state index in [0.717, 1.165) is 22.1 Å². The molecule has 0 atom stereocenters. The second-order valence-corrected chi connectivity index (χ2v) is 6.54. The van der Waals surface area contributed by atoms with E-state index < -0.39 is 0 Å². The van der Waals surface area contributed by atoms with E-state index in [4.69, 9.17) is 0 Å². The van der Waals surface area contributed by atoms with Gasteiger partial charge in [-0.1, -0.05) is 36.4 Å². The SMILES string of the molecule is CN(CC(=O)Nc1cccc2ccccc12)C(=O)c1ccc(-n2cnnn2)cc1. The molecule has 4 aromatic rings. The molecular formula is C21H18N6O2. The molecule has 4 rings (SSSR count).